The number of rotatable bonds is 4. The molecule has 0 saturated heterocycles. The second-order valence-electron chi connectivity index (χ2n) is 7.00. The topological polar surface area (TPSA) is 74.8 Å². The molecule has 4 aromatic rings. The van der Waals surface area contributed by atoms with Gasteiger partial charge in [-0.25, -0.2) is 4.39 Å². The van der Waals surface area contributed by atoms with E-state index in [4.69, 9.17) is 0 Å². The van der Waals surface area contributed by atoms with Gasteiger partial charge in [0.05, 0.1) is 17.1 Å². The Balaban J connectivity index is 1.72. The summed E-state index contributed by atoms with van der Waals surface area (Å²) in [5, 5.41) is 3.02. The van der Waals surface area contributed by atoms with E-state index < -0.39 is 29.5 Å². The van der Waals surface area contributed by atoms with Crippen molar-refractivity contribution in [1.82, 2.24) is 15.3 Å². The number of aromatic amines is 1. The van der Waals surface area contributed by atoms with Crippen LogP contribution in [0.3, 0.4) is 0 Å². The van der Waals surface area contributed by atoms with E-state index >= 15 is 0 Å². The van der Waals surface area contributed by atoms with Gasteiger partial charge in [0, 0.05) is 29.4 Å². The number of hydrogen-bond donors (Lipinski definition) is 2. The molecule has 0 spiro atoms. The summed E-state index contributed by atoms with van der Waals surface area (Å²) in [4.78, 5) is 31.7. The molecular formula is C23H15F4N3O2. The Hall–Kier alpha value is -4.01. The number of amides is 1. The second-order valence-corrected chi connectivity index (χ2v) is 7.00. The quantitative estimate of drug-likeness (QED) is 0.455. The van der Waals surface area contributed by atoms with E-state index in [0.29, 0.717) is 10.9 Å². The fourth-order valence-corrected chi connectivity index (χ4v) is 3.32. The molecule has 0 aliphatic heterocycles. The largest absolute Gasteiger partial charge is 0.416 e. The Bertz CT molecular complexity index is 1350. The van der Waals surface area contributed by atoms with Crippen molar-refractivity contribution in [3.05, 3.63) is 111 Å². The van der Waals surface area contributed by atoms with Crippen molar-refractivity contribution in [3.63, 3.8) is 0 Å². The van der Waals surface area contributed by atoms with Crippen LogP contribution in [0.4, 0.5) is 17.6 Å². The molecular weight excluding hydrogens is 426 g/mol. The average molecular weight is 441 g/mol. The lowest BCUT2D eigenvalue weighted by Crippen LogP contribution is -2.30. The zero-order valence-electron chi connectivity index (χ0n) is 16.3. The molecule has 0 bridgehead atoms. The normalized spacial score (nSPS) is 12.5. The molecule has 5 nitrogen and oxygen atoms in total. The lowest BCUT2D eigenvalue weighted by atomic mass is 10.00. The van der Waals surface area contributed by atoms with Gasteiger partial charge in [-0.05, 0) is 48.0 Å². The van der Waals surface area contributed by atoms with E-state index in [0.717, 1.165) is 18.2 Å². The lowest BCUT2D eigenvalue weighted by molar-refractivity contribution is -0.137. The van der Waals surface area contributed by atoms with Crippen LogP contribution in [0.2, 0.25) is 0 Å². The number of pyridine rings is 2. The SMILES string of the molecule is O=C(N[C@@H](c1ccc(C(F)(F)F)cc1)c1ncccc1F)c1ccc2c(=O)cc[nH]c2c1. The van der Waals surface area contributed by atoms with Crippen molar-refractivity contribution < 1.29 is 22.4 Å². The van der Waals surface area contributed by atoms with Crippen LogP contribution in [0, 0.1) is 5.82 Å². The van der Waals surface area contributed by atoms with Crippen LogP contribution in [0.25, 0.3) is 10.9 Å². The number of aromatic nitrogens is 2. The summed E-state index contributed by atoms with van der Waals surface area (Å²) in [7, 11) is 0. The maximum atomic E-state index is 14.5. The van der Waals surface area contributed by atoms with E-state index in [1.54, 1.807) is 0 Å². The van der Waals surface area contributed by atoms with Gasteiger partial charge in [0.15, 0.2) is 5.43 Å². The van der Waals surface area contributed by atoms with Crippen LogP contribution in [-0.4, -0.2) is 15.9 Å². The summed E-state index contributed by atoms with van der Waals surface area (Å²) in [6.07, 6.45) is -1.77. The van der Waals surface area contributed by atoms with Crippen molar-refractivity contribution in [2.45, 2.75) is 12.2 Å². The molecule has 0 saturated carbocycles. The van der Waals surface area contributed by atoms with Gasteiger partial charge in [-0.15, -0.1) is 0 Å². The number of carbonyl (C=O) groups excluding carboxylic acids is 1. The number of carbonyl (C=O) groups is 1. The van der Waals surface area contributed by atoms with Gasteiger partial charge >= 0.3 is 6.18 Å². The first-order valence-electron chi connectivity index (χ1n) is 9.44. The molecule has 1 amide bonds. The Morgan fingerprint density at radius 3 is 2.47 bits per heavy atom. The fourth-order valence-electron chi connectivity index (χ4n) is 3.32. The number of alkyl halides is 3. The molecule has 32 heavy (non-hydrogen) atoms. The third-order valence-electron chi connectivity index (χ3n) is 4.93. The number of fused-ring (bicyclic) bond motifs is 1. The smallest absolute Gasteiger partial charge is 0.361 e. The van der Waals surface area contributed by atoms with Crippen molar-refractivity contribution >= 4 is 16.8 Å². The third-order valence-corrected chi connectivity index (χ3v) is 4.93. The van der Waals surface area contributed by atoms with Crippen molar-refractivity contribution in [1.29, 1.82) is 0 Å². The molecule has 1 atom stereocenters. The number of benzene rings is 2. The summed E-state index contributed by atoms with van der Waals surface area (Å²) < 4.78 is 53.2. The predicted octanol–water partition coefficient (Wildman–Crippen LogP) is 4.60. The lowest BCUT2D eigenvalue weighted by Gasteiger charge is -2.20. The minimum absolute atomic E-state index is 0.144. The van der Waals surface area contributed by atoms with Crippen LogP contribution in [0.5, 0.6) is 0 Å². The number of hydrogen-bond acceptors (Lipinski definition) is 3. The number of halogens is 4. The van der Waals surface area contributed by atoms with Crippen LogP contribution < -0.4 is 10.7 Å². The molecule has 0 unspecified atom stereocenters. The molecule has 0 aliphatic carbocycles. The van der Waals surface area contributed by atoms with Gasteiger partial charge in [0.25, 0.3) is 5.91 Å². The van der Waals surface area contributed by atoms with E-state index in [1.165, 1.54) is 54.9 Å². The summed E-state index contributed by atoms with van der Waals surface area (Å²) in [5.41, 5.74) is -0.406. The summed E-state index contributed by atoms with van der Waals surface area (Å²) >= 11 is 0. The summed E-state index contributed by atoms with van der Waals surface area (Å²) in [5.74, 6) is -1.34. The molecule has 2 aromatic heterocycles. The molecule has 2 aromatic carbocycles. The highest BCUT2D eigenvalue weighted by molar-refractivity contribution is 5.98. The van der Waals surface area contributed by atoms with Gasteiger partial charge in [0.2, 0.25) is 0 Å². The maximum Gasteiger partial charge on any atom is 0.416 e. The minimum Gasteiger partial charge on any atom is -0.361 e. The highest BCUT2D eigenvalue weighted by atomic mass is 19.4. The summed E-state index contributed by atoms with van der Waals surface area (Å²) in [6, 6.07) is 11.2. The standard InChI is InChI=1S/C23H15F4N3O2/c24-17-2-1-10-29-21(17)20(13-3-6-15(7-4-13)23(25,26)27)30-22(32)14-5-8-16-18(12-14)28-11-9-19(16)31/h1-12,20H,(H,28,31)(H,30,32)/t20-/m0/s1. The Morgan fingerprint density at radius 1 is 1.03 bits per heavy atom. The van der Waals surface area contributed by atoms with Crippen molar-refractivity contribution in [3.8, 4) is 0 Å². The molecule has 2 N–H and O–H groups in total. The summed E-state index contributed by atoms with van der Waals surface area (Å²) in [6.45, 7) is 0. The predicted molar refractivity (Wildman–Crippen MR) is 110 cm³/mol. The number of nitrogens with zero attached hydrogens (tertiary/aromatic N) is 1. The maximum absolute atomic E-state index is 14.5. The minimum atomic E-state index is -4.53. The monoisotopic (exact) mass is 441 g/mol. The van der Waals surface area contributed by atoms with Crippen molar-refractivity contribution in [2.24, 2.45) is 0 Å². The van der Waals surface area contributed by atoms with Crippen LogP contribution in [-0.2, 0) is 6.18 Å². The first kappa shape index (κ1) is 21.2. The van der Waals surface area contributed by atoms with E-state index in [2.05, 4.69) is 15.3 Å². The van der Waals surface area contributed by atoms with Crippen LogP contribution in [0.1, 0.15) is 33.2 Å². The Morgan fingerprint density at radius 2 is 1.78 bits per heavy atom. The van der Waals surface area contributed by atoms with Gasteiger partial charge in [-0.3, -0.25) is 14.6 Å². The molecule has 9 heteroatoms. The Labute approximate surface area is 178 Å². The van der Waals surface area contributed by atoms with Crippen LogP contribution in [0.15, 0.2) is 77.9 Å². The zero-order valence-corrected chi connectivity index (χ0v) is 16.3. The van der Waals surface area contributed by atoms with Crippen LogP contribution >= 0.6 is 0 Å². The molecule has 0 radical (unpaired) electrons. The van der Waals surface area contributed by atoms with E-state index in [-0.39, 0.29) is 22.2 Å². The van der Waals surface area contributed by atoms with Gasteiger partial charge in [-0.1, -0.05) is 12.1 Å². The second kappa shape index (κ2) is 8.26. The molecule has 0 aliphatic rings. The van der Waals surface area contributed by atoms with Gasteiger partial charge in [0.1, 0.15) is 11.5 Å². The first-order valence-corrected chi connectivity index (χ1v) is 9.44. The van der Waals surface area contributed by atoms with Gasteiger partial charge < -0.3 is 10.3 Å². The third kappa shape index (κ3) is 4.22. The molecule has 0 fully saturated rings. The van der Waals surface area contributed by atoms with E-state index in [9.17, 15) is 27.2 Å². The number of nitrogens with one attached hydrogen (secondary N) is 2. The zero-order chi connectivity index (χ0) is 22.9. The molecule has 4 rings (SSSR count). The average Bonchev–Trinajstić information content (AvgIpc) is 2.77. The van der Waals surface area contributed by atoms with Gasteiger partial charge in [-0.2, -0.15) is 13.2 Å². The highest BCUT2D eigenvalue weighted by Crippen LogP contribution is 2.31. The highest BCUT2D eigenvalue weighted by Gasteiger charge is 2.31. The molecule has 162 valence electrons. The fraction of sp³-hybridized carbons (Fsp3) is 0.0870. The van der Waals surface area contributed by atoms with Crippen molar-refractivity contribution in [2.75, 3.05) is 0 Å². The Kier molecular flexibility index (Phi) is 5.48. The first-order chi connectivity index (χ1) is 15.2. The molecule has 2 heterocycles. The van der Waals surface area contributed by atoms with E-state index in [1.807, 2.05) is 0 Å². The number of H-pyrrole nitrogens is 1.